The van der Waals surface area contributed by atoms with Crippen LogP contribution in [0.25, 0.3) is 0 Å². The molecule has 1 N–H and O–H groups in total. The Morgan fingerprint density at radius 3 is 2.74 bits per heavy atom. The Morgan fingerprint density at radius 2 is 2.05 bits per heavy atom. The van der Waals surface area contributed by atoms with Crippen molar-refractivity contribution in [1.82, 2.24) is 10.2 Å². The summed E-state index contributed by atoms with van der Waals surface area (Å²) in [6, 6.07) is 6.11. The van der Waals surface area contributed by atoms with Crippen LogP contribution in [0, 0.1) is 0 Å². The molecule has 0 atom stereocenters. The van der Waals surface area contributed by atoms with Crippen LogP contribution < -0.4 is 10.1 Å². The van der Waals surface area contributed by atoms with E-state index in [9.17, 15) is 0 Å². The van der Waals surface area contributed by atoms with Crippen LogP contribution in [-0.2, 0) is 11.3 Å². The number of rotatable bonds is 9. The van der Waals surface area contributed by atoms with Gasteiger partial charge in [-0.2, -0.15) is 0 Å². The van der Waals surface area contributed by atoms with E-state index in [1.54, 1.807) is 7.11 Å². The molecule has 1 aromatic carbocycles. The lowest BCUT2D eigenvalue weighted by Crippen LogP contribution is -2.21. The van der Waals surface area contributed by atoms with Crippen LogP contribution in [-0.4, -0.2) is 52.4 Å². The number of hydrogen-bond acceptors (Lipinski definition) is 4. The Bertz CT molecular complexity index is 372. The number of ether oxygens (including phenoxy) is 2. The second kappa shape index (κ2) is 9.31. The van der Waals surface area contributed by atoms with Gasteiger partial charge < -0.3 is 19.7 Å². The standard InChI is InChI=1S/C14H23BrN2O2/c1-17(2)8-10-19-14-12(5-4-6-13(14)15)11-16-7-9-18-3/h4-6,16H,7-11H2,1-3H3. The van der Waals surface area contributed by atoms with Gasteiger partial charge in [-0.15, -0.1) is 0 Å². The molecule has 4 nitrogen and oxygen atoms in total. The van der Waals surface area contributed by atoms with Crippen molar-refractivity contribution in [2.24, 2.45) is 0 Å². The van der Waals surface area contributed by atoms with Crippen molar-refractivity contribution >= 4 is 15.9 Å². The monoisotopic (exact) mass is 330 g/mol. The molecule has 0 unspecified atom stereocenters. The lowest BCUT2D eigenvalue weighted by Gasteiger charge is -2.15. The zero-order valence-corrected chi connectivity index (χ0v) is 13.5. The van der Waals surface area contributed by atoms with Crippen LogP contribution in [0.3, 0.4) is 0 Å². The normalized spacial score (nSPS) is 11.0. The van der Waals surface area contributed by atoms with Gasteiger partial charge in [-0.25, -0.2) is 0 Å². The maximum Gasteiger partial charge on any atom is 0.138 e. The zero-order valence-electron chi connectivity index (χ0n) is 11.9. The molecule has 5 heteroatoms. The van der Waals surface area contributed by atoms with Gasteiger partial charge in [0.05, 0.1) is 11.1 Å². The number of methoxy groups -OCH3 is 1. The van der Waals surface area contributed by atoms with Gasteiger partial charge in [-0.1, -0.05) is 12.1 Å². The highest BCUT2D eigenvalue weighted by molar-refractivity contribution is 9.10. The molecule has 0 spiro atoms. The highest BCUT2D eigenvalue weighted by Gasteiger charge is 2.07. The molecule has 0 amide bonds. The summed E-state index contributed by atoms with van der Waals surface area (Å²) in [4.78, 5) is 2.10. The predicted molar refractivity (Wildman–Crippen MR) is 81.8 cm³/mol. The molecule has 19 heavy (non-hydrogen) atoms. The summed E-state index contributed by atoms with van der Waals surface area (Å²) >= 11 is 3.55. The van der Waals surface area contributed by atoms with Crippen LogP contribution >= 0.6 is 15.9 Å². The molecular weight excluding hydrogens is 308 g/mol. The predicted octanol–water partition coefficient (Wildman–Crippen LogP) is 2.13. The van der Waals surface area contributed by atoms with Gasteiger partial charge in [0.15, 0.2) is 0 Å². The zero-order chi connectivity index (χ0) is 14.1. The first-order valence-electron chi connectivity index (χ1n) is 6.39. The van der Waals surface area contributed by atoms with Crippen LogP contribution in [0.4, 0.5) is 0 Å². The average molecular weight is 331 g/mol. The minimum Gasteiger partial charge on any atom is -0.491 e. The Hall–Kier alpha value is -0.620. The van der Waals surface area contributed by atoms with Crippen molar-refractivity contribution in [3.8, 4) is 5.75 Å². The largest absolute Gasteiger partial charge is 0.491 e. The third-order valence-electron chi connectivity index (χ3n) is 2.63. The maximum atomic E-state index is 5.88. The van der Waals surface area contributed by atoms with Gasteiger partial charge >= 0.3 is 0 Å². The quantitative estimate of drug-likeness (QED) is 0.703. The highest BCUT2D eigenvalue weighted by Crippen LogP contribution is 2.29. The van der Waals surface area contributed by atoms with Crippen molar-refractivity contribution in [2.75, 3.05) is 47.5 Å². The molecule has 0 saturated carbocycles. The molecule has 1 aromatic rings. The van der Waals surface area contributed by atoms with E-state index in [2.05, 4.69) is 32.2 Å². The van der Waals surface area contributed by atoms with Crippen LogP contribution in [0.15, 0.2) is 22.7 Å². The Kier molecular flexibility index (Phi) is 8.05. The highest BCUT2D eigenvalue weighted by atomic mass is 79.9. The van der Waals surface area contributed by atoms with E-state index in [4.69, 9.17) is 9.47 Å². The summed E-state index contributed by atoms with van der Waals surface area (Å²) in [5.74, 6) is 0.925. The minimum atomic E-state index is 0.681. The number of halogens is 1. The topological polar surface area (TPSA) is 33.7 Å². The Morgan fingerprint density at radius 1 is 1.26 bits per heavy atom. The second-order valence-corrected chi connectivity index (χ2v) is 5.40. The van der Waals surface area contributed by atoms with Gasteiger partial charge in [0.2, 0.25) is 0 Å². The lowest BCUT2D eigenvalue weighted by molar-refractivity contribution is 0.199. The second-order valence-electron chi connectivity index (χ2n) is 4.55. The van der Waals surface area contributed by atoms with Gasteiger partial charge in [0, 0.05) is 32.3 Å². The molecule has 0 saturated heterocycles. The van der Waals surface area contributed by atoms with Crippen molar-refractivity contribution in [3.63, 3.8) is 0 Å². The average Bonchev–Trinajstić information content (AvgIpc) is 2.37. The van der Waals surface area contributed by atoms with Gasteiger partial charge in [0.1, 0.15) is 12.4 Å². The first-order chi connectivity index (χ1) is 9.15. The molecule has 0 heterocycles. The third kappa shape index (κ3) is 6.38. The Balaban J connectivity index is 2.56. The molecule has 1 rings (SSSR count). The Labute approximate surface area is 124 Å². The summed E-state index contributed by atoms with van der Waals surface area (Å²) in [6.45, 7) is 3.91. The van der Waals surface area contributed by atoms with E-state index in [0.29, 0.717) is 13.2 Å². The molecule has 0 radical (unpaired) electrons. The number of nitrogens with zero attached hydrogens (tertiary/aromatic N) is 1. The van der Waals surface area contributed by atoms with E-state index < -0.39 is 0 Å². The van der Waals surface area contributed by atoms with Gasteiger partial charge in [-0.05, 0) is 36.1 Å². The summed E-state index contributed by atoms with van der Waals surface area (Å²) in [6.07, 6.45) is 0. The molecule has 0 aliphatic heterocycles. The summed E-state index contributed by atoms with van der Waals surface area (Å²) in [5.41, 5.74) is 1.16. The number of likely N-dealkylation sites (N-methyl/N-ethyl adjacent to an activating group) is 1. The smallest absolute Gasteiger partial charge is 0.138 e. The van der Waals surface area contributed by atoms with Crippen LogP contribution in [0.5, 0.6) is 5.75 Å². The fourth-order valence-corrected chi connectivity index (χ4v) is 2.10. The summed E-state index contributed by atoms with van der Waals surface area (Å²) < 4.78 is 11.9. The third-order valence-corrected chi connectivity index (χ3v) is 3.26. The van der Waals surface area contributed by atoms with E-state index in [0.717, 1.165) is 35.4 Å². The number of hydrogen-bond donors (Lipinski definition) is 1. The van der Waals surface area contributed by atoms with Crippen LogP contribution in [0.2, 0.25) is 0 Å². The molecule has 0 bridgehead atoms. The van der Waals surface area contributed by atoms with Crippen molar-refractivity contribution in [3.05, 3.63) is 28.2 Å². The lowest BCUT2D eigenvalue weighted by atomic mass is 10.2. The minimum absolute atomic E-state index is 0.681. The number of para-hydroxylation sites is 1. The number of benzene rings is 1. The SMILES string of the molecule is COCCNCc1cccc(Br)c1OCCN(C)C. The van der Waals surface area contributed by atoms with E-state index >= 15 is 0 Å². The first kappa shape index (κ1) is 16.4. The summed E-state index contributed by atoms with van der Waals surface area (Å²) in [5, 5.41) is 3.33. The molecule has 108 valence electrons. The number of nitrogens with one attached hydrogen (secondary N) is 1. The van der Waals surface area contributed by atoms with Crippen LogP contribution in [0.1, 0.15) is 5.56 Å². The van der Waals surface area contributed by atoms with E-state index in [1.165, 1.54) is 0 Å². The van der Waals surface area contributed by atoms with Crippen molar-refractivity contribution in [1.29, 1.82) is 0 Å². The first-order valence-corrected chi connectivity index (χ1v) is 7.19. The maximum absolute atomic E-state index is 5.88. The molecule has 0 fully saturated rings. The summed E-state index contributed by atoms with van der Waals surface area (Å²) in [7, 11) is 5.78. The van der Waals surface area contributed by atoms with Crippen molar-refractivity contribution in [2.45, 2.75) is 6.54 Å². The fourth-order valence-electron chi connectivity index (χ4n) is 1.58. The van der Waals surface area contributed by atoms with E-state index in [1.807, 2.05) is 26.2 Å². The van der Waals surface area contributed by atoms with Crippen molar-refractivity contribution < 1.29 is 9.47 Å². The van der Waals surface area contributed by atoms with Gasteiger partial charge in [-0.3, -0.25) is 0 Å². The molecule has 0 aromatic heterocycles. The molecular formula is C14H23BrN2O2. The molecule has 0 aliphatic rings. The fraction of sp³-hybridized carbons (Fsp3) is 0.571. The molecule has 0 aliphatic carbocycles. The van der Waals surface area contributed by atoms with E-state index in [-0.39, 0.29) is 0 Å². The van der Waals surface area contributed by atoms with Gasteiger partial charge in [0.25, 0.3) is 0 Å².